The van der Waals surface area contributed by atoms with E-state index in [9.17, 15) is 4.79 Å². The highest BCUT2D eigenvalue weighted by molar-refractivity contribution is 6.30. The molecule has 25 heavy (non-hydrogen) atoms. The van der Waals surface area contributed by atoms with Crippen molar-refractivity contribution in [2.75, 3.05) is 26.7 Å². The maximum Gasteiger partial charge on any atom is 0.270 e. The average Bonchev–Trinajstić information content (AvgIpc) is 3.22. The molecule has 0 unspecified atom stereocenters. The Morgan fingerprint density at radius 3 is 2.92 bits per heavy atom. The Labute approximate surface area is 153 Å². The van der Waals surface area contributed by atoms with Crippen molar-refractivity contribution >= 4 is 17.5 Å². The maximum absolute atomic E-state index is 12.6. The van der Waals surface area contributed by atoms with Crippen LogP contribution in [0.3, 0.4) is 0 Å². The first kappa shape index (κ1) is 18.0. The molecule has 0 aromatic carbocycles. The Hall–Kier alpha value is -1.79. The molecule has 1 amide bonds. The van der Waals surface area contributed by atoms with Crippen molar-refractivity contribution in [1.82, 2.24) is 24.6 Å². The van der Waals surface area contributed by atoms with Crippen molar-refractivity contribution in [1.29, 1.82) is 0 Å². The van der Waals surface area contributed by atoms with E-state index in [0.717, 1.165) is 25.9 Å². The molecular weight excluding hydrogens is 338 g/mol. The molecule has 3 rings (SSSR count). The number of hydrogen-bond donors (Lipinski definition) is 1. The number of amides is 1. The number of hydrogen-bond acceptors (Lipinski definition) is 3. The minimum Gasteiger partial charge on any atom is -0.356 e. The number of H-pyrrole nitrogens is 1. The molecule has 2 atom stereocenters. The fourth-order valence-corrected chi connectivity index (χ4v) is 4.07. The number of piperidine rings is 1. The molecule has 6 nitrogen and oxygen atoms in total. The minimum atomic E-state index is -0.0227. The van der Waals surface area contributed by atoms with Crippen LogP contribution in [-0.2, 0) is 7.05 Å². The number of likely N-dealkylation sites (tertiary alicyclic amines) is 1. The number of aromatic amines is 1. The Morgan fingerprint density at radius 2 is 2.32 bits per heavy atom. The number of nitrogens with one attached hydrogen (secondary N) is 1. The summed E-state index contributed by atoms with van der Waals surface area (Å²) in [5, 5.41) is 4.90. The molecule has 1 N–H and O–H groups in total. The molecule has 0 saturated carbocycles. The van der Waals surface area contributed by atoms with Crippen molar-refractivity contribution in [2.45, 2.75) is 25.8 Å². The predicted molar refractivity (Wildman–Crippen MR) is 98.7 cm³/mol. The quantitative estimate of drug-likeness (QED) is 0.888. The summed E-state index contributed by atoms with van der Waals surface area (Å²) >= 11 is 5.93. The monoisotopic (exact) mass is 363 g/mol. The molecule has 3 heterocycles. The van der Waals surface area contributed by atoms with Gasteiger partial charge in [-0.3, -0.25) is 14.4 Å². The first-order valence-electron chi connectivity index (χ1n) is 8.81. The first-order valence-corrected chi connectivity index (χ1v) is 9.19. The normalized spacial score (nSPS) is 21.4. The zero-order chi connectivity index (χ0) is 18.0. The number of carbonyl (C=O) groups excluding carboxylic acids is 1. The van der Waals surface area contributed by atoms with Gasteiger partial charge in [0.05, 0.1) is 11.2 Å². The van der Waals surface area contributed by atoms with Crippen LogP contribution in [0.2, 0.25) is 5.02 Å². The van der Waals surface area contributed by atoms with Crippen molar-refractivity contribution in [2.24, 2.45) is 13.0 Å². The summed E-state index contributed by atoms with van der Waals surface area (Å²) in [4.78, 5) is 19.9. The van der Waals surface area contributed by atoms with Gasteiger partial charge in [0.1, 0.15) is 5.69 Å². The van der Waals surface area contributed by atoms with Gasteiger partial charge in [0.25, 0.3) is 5.91 Å². The van der Waals surface area contributed by atoms with Crippen LogP contribution in [0.15, 0.2) is 24.7 Å². The van der Waals surface area contributed by atoms with Gasteiger partial charge in [-0.2, -0.15) is 5.10 Å². The van der Waals surface area contributed by atoms with Gasteiger partial charge in [-0.25, -0.2) is 0 Å². The molecule has 1 saturated heterocycles. The summed E-state index contributed by atoms with van der Waals surface area (Å²) in [5.41, 5.74) is 1.77. The standard InChI is InChI=1S/C18H26ClN5O/c1-4-24-7-5-6-13(17(24)14-9-21-23(3)12-14)11-22(2)18(25)16-8-15(19)10-20-16/h8-10,12-13,17,20H,4-7,11H2,1-3H3/t13-,17+/m0/s1. The van der Waals surface area contributed by atoms with E-state index in [0.29, 0.717) is 29.2 Å². The van der Waals surface area contributed by atoms with Crippen LogP contribution in [0.5, 0.6) is 0 Å². The summed E-state index contributed by atoms with van der Waals surface area (Å²) in [6.45, 7) is 5.00. The van der Waals surface area contributed by atoms with Crippen LogP contribution >= 0.6 is 11.6 Å². The van der Waals surface area contributed by atoms with Crippen LogP contribution in [0, 0.1) is 5.92 Å². The second-order valence-corrected chi connectivity index (χ2v) is 7.28. The number of aryl methyl sites for hydroxylation is 1. The van der Waals surface area contributed by atoms with Crippen LogP contribution in [0.25, 0.3) is 0 Å². The number of carbonyl (C=O) groups is 1. The lowest BCUT2D eigenvalue weighted by Gasteiger charge is -2.42. The highest BCUT2D eigenvalue weighted by Crippen LogP contribution is 2.36. The van der Waals surface area contributed by atoms with E-state index >= 15 is 0 Å². The van der Waals surface area contributed by atoms with Gasteiger partial charge in [0.2, 0.25) is 0 Å². The molecule has 136 valence electrons. The lowest BCUT2D eigenvalue weighted by Crippen LogP contribution is -2.44. The van der Waals surface area contributed by atoms with Crippen molar-refractivity contribution < 1.29 is 4.79 Å². The zero-order valence-electron chi connectivity index (χ0n) is 15.1. The lowest BCUT2D eigenvalue weighted by molar-refractivity contribution is 0.0585. The molecule has 0 bridgehead atoms. The van der Waals surface area contributed by atoms with E-state index in [4.69, 9.17) is 11.6 Å². The second kappa shape index (κ2) is 7.62. The van der Waals surface area contributed by atoms with Crippen LogP contribution in [-0.4, -0.2) is 57.2 Å². The SMILES string of the molecule is CCN1CCC[C@@H](CN(C)C(=O)c2cc(Cl)c[nH]2)[C@@H]1c1cnn(C)c1. The van der Waals surface area contributed by atoms with Crippen LogP contribution in [0.1, 0.15) is 41.9 Å². The van der Waals surface area contributed by atoms with Gasteiger partial charge in [0.15, 0.2) is 0 Å². The molecule has 1 fully saturated rings. The van der Waals surface area contributed by atoms with E-state index in [1.165, 1.54) is 5.56 Å². The maximum atomic E-state index is 12.6. The number of rotatable bonds is 5. The number of aromatic nitrogens is 3. The Morgan fingerprint density at radius 1 is 1.52 bits per heavy atom. The summed E-state index contributed by atoms with van der Waals surface area (Å²) in [6.07, 6.45) is 7.96. The summed E-state index contributed by atoms with van der Waals surface area (Å²) in [7, 11) is 3.81. The van der Waals surface area contributed by atoms with Crippen LogP contribution in [0.4, 0.5) is 0 Å². The molecule has 1 aliphatic rings. The lowest BCUT2D eigenvalue weighted by atomic mass is 9.85. The van der Waals surface area contributed by atoms with Crippen molar-refractivity contribution in [3.63, 3.8) is 0 Å². The second-order valence-electron chi connectivity index (χ2n) is 6.84. The van der Waals surface area contributed by atoms with Crippen molar-refractivity contribution in [3.05, 3.63) is 40.9 Å². The molecule has 7 heteroatoms. The first-order chi connectivity index (χ1) is 12.0. The fraction of sp³-hybridized carbons (Fsp3) is 0.556. The predicted octanol–water partition coefficient (Wildman–Crippen LogP) is 2.95. The van der Waals surface area contributed by atoms with Gasteiger partial charge >= 0.3 is 0 Å². The largest absolute Gasteiger partial charge is 0.356 e. The van der Waals surface area contributed by atoms with Gasteiger partial charge in [0, 0.05) is 44.6 Å². The van der Waals surface area contributed by atoms with E-state index in [1.807, 2.05) is 25.0 Å². The average molecular weight is 364 g/mol. The molecule has 2 aromatic heterocycles. The molecule has 2 aromatic rings. The molecule has 0 radical (unpaired) electrons. The Bertz CT molecular complexity index is 725. The summed E-state index contributed by atoms with van der Waals surface area (Å²) in [5.74, 6) is 0.364. The number of nitrogens with zero attached hydrogens (tertiary/aromatic N) is 4. The summed E-state index contributed by atoms with van der Waals surface area (Å²) in [6, 6.07) is 1.98. The topological polar surface area (TPSA) is 57.2 Å². The van der Waals surface area contributed by atoms with E-state index in [-0.39, 0.29) is 5.91 Å². The highest BCUT2D eigenvalue weighted by atomic mass is 35.5. The Balaban J connectivity index is 1.77. The third-order valence-corrected chi connectivity index (χ3v) is 5.28. The smallest absolute Gasteiger partial charge is 0.270 e. The van der Waals surface area contributed by atoms with Gasteiger partial charge in [-0.1, -0.05) is 18.5 Å². The third-order valence-electron chi connectivity index (χ3n) is 5.07. The van der Waals surface area contributed by atoms with Crippen molar-refractivity contribution in [3.8, 4) is 0 Å². The van der Waals surface area contributed by atoms with E-state index < -0.39 is 0 Å². The van der Waals surface area contributed by atoms with E-state index in [2.05, 4.69) is 28.1 Å². The highest BCUT2D eigenvalue weighted by Gasteiger charge is 2.34. The molecule has 1 aliphatic heterocycles. The number of halogens is 1. The third kappa shape index (κ3) is 3.90. The van der Waals surface area contributed by atoms with Crippen LogP contribution < -0.4 is 0 Å². The molecular formula is C18H26ClN5O. The van der Waals surface area contributed by atoms with Gasteiger partial charge < -0.3 is 9.88 Å². The van der Waals surface area contributed by atoms with E-state index in [1.54, 1.807) is 17.2 Å². The minimum absolute atomic E-state index is 0.0227. The fourth-order valence-electron chi connectivity index (χ4n) is 3.91. The molecule has 0 aliphatic carbocycles. The molecule has 0 spiro atoms. The summed E-state index contributed by atoms with van der Waals surface area (Å²) < 4.78 is 1.85. The van der Waals surface area contributed by atoms with Gasteiger partial charge in [-0.05, 0) is 37.9 Å². The van der Waals surface area contributed by atoms with Gasteiger partial charge in [-0.15, -0.1) is 0 Å². The zero-order valence-corrected chi connectivity index (χ0v) is 15.8. The Kier molecular flexibility index (Phi) is 5.49.